The van der Waals surface area contributed by atoms with Crippen LogP contribution in [-0.4, -0.2) is 18.5 Å². The second-order valence-corrected chi connectivity index (χ2v) is 5.80. The summed E-state index contributed by atoms with van der Waals surface area (Å²) >= 11 is 0. The number of fused-ring (bicyclic) bond motifs is 1. The van der Waals surface area contributed by atoms with Crippen LogP contribution >= 0.6 is 0 Å². The lowest BCUT2D eigenvalue weighted by Crippen LogP contribution is -2.40. The van der Waals surface area contributed by atoms with Gasteiger partial charge in [-0.3, -0.25) is 4.79 Å². The number of ketones is 1. The maximum Gasteiger partial charge on any atom is 0.158 e. The fraction of sp³-hybridized carbons (Fsp3) is 0.800. The third-order valence-electron chi connectivity index (χ3n) is 4.74. The monoisotopic (exact) mass is 236 g/mol. The molecule has 2 nitrogen and oxygen atoms in total. The molecule has 2 saturated carbocycles. The quantitative estimate of drug-likeness (QED) is 0.551. The summed E-state index contributed by atoms with van der Waals surface area (Å²) in [6.45, 7) is 9.35. The van der Waals surface area contributed by atoms with Gasteiger partial charge < -0.3 is 4.74 Å². The molecule has 0 bridgehead atoms. The number of Topliss-reactive ketones (excluding diaryl/α,β-unsaturated/α-hetero) is 1. The highest BCUT2D eigenvalue weighted by Gasteiger charge is 2.51. The second-order valence-electron chi connectivity index (χ2n) is 5.80. The first-order valence-electron chi connectivity index (χ1n) is 6.93. The van der Waals surface area contributed by atoms with Crippen LogP contribution in [0, 0.1) is 11.3 Å². The molecule has 3 atom stereocenters. The van der Waals surface area contributed by atoms with Gasteiger partial charge in [-0.2, -0.15) is 0 Å². The Morgan fingerprint density at radius 3 is 2.94 bits per heavy atom. The van der Waals surface area contributed by atoms with E-state index in [0.29, 0.717) is 18.4 Å². The lowest BCUT2D eigenvalue weighted by Gasteiger charge is -2.40. The number of ether oxygens (including phenoxy) is 1. The van der Waals surface area contributed by atoms with Crippen molar-refractivity contribution in [1.82, 2.24) is 0 Å². The van der Waals surface area contributed by atoms with Crippen LogP contribution in [0.3, 0.4) is 0 Å². The zero-order chi connectivity index (χ0) is 12.5. The SMILES string of the molecule is C=C1C(=O)CC[C@]2(C)C1CC[C@H]2OCCCC. The first kappa shape index (κ1) is 12.8. The van der Waals surface area contributed by atoms with E-state index in [1.54, 1.807) is 0 Å². The van der Waals surface area contributed by atoms with Crippen molar-refractivity contribution in [2.24, 2.45) is 11.3 Å². The number of carbonyl (C=O) groups is 1. The van der Waals surface area contributed by atoms with Gasteiger partial charge in [-0.25, -0.2) is 0 Å². The molecule has 0 radical (unpaired) electrons. The van der Waals surface area contributed by atoms with Gasteiger partial charge in [-0.05, 0) is 37.2 Å². The predicted octanol–water partition coefficient (Wildman–Crippen LogP) is 3.51. The van der Waals surface area contributed by atoms with Gasteiger partial charge in [0.2, 0.25) is 0 Å². The van der Waals surface area contributed by atoms with Crippen LogP contribution < -0.4 is 0 Å². The third-order valence-corrected chi connectivity index (χ3v) is 4.74. The molecule has 0 amide bonds. The molecule has 0 heterocycles. The van der Waals surface area contributed by atoms with Gasteiger partial charge in [0.05, 0.1) is 6.10 Å². The van der Waals surface area contributed by atoms with E-state index >= 15 is 0 Å². The van der Waals surface area contributed by atoms with Crippen molar-refractivity contribution in [2.75, 3.05) is 6.61 Å². The van der Waals surface area contributed by atoms with Crippen LogP contribution in [0.1, 0.15) is 52.4 Å². The van der Waals surface area contributed by atoms with Crippen LogP contribution in [0.2, 0.25) is 0 Å². The van der Waals surface area contributed by atoms with E-state index < -0.39 is 0 Å². The molecule has 0 N–H and O–H groups in total. The highest BCUT2D eigenvalue weighted by Crippen LogP contribution is 2.53. The Bertz CT molecular complexity index is 321. The Morgan fingerprint density at radius 1 is 1.47 bits per heavy atom. The maximum absolute atomic E-state index is 11.7. The molecule has 17 heavy (non-hydrogen) atoms. The van der Waals surface area contributed by atoms with Crippen molar-refractivity contribution in [1.29, 1.82) is 0 Å². The molecule has 0 aromatic carbocycles. The number of hydrogen-bond donors (Lipinski definition) is 0. The van der Waals surface area contributed by atoms with Gasteiger partial charge in [0.25, 0.3) is 0 Å². The van der Waals surface area contributed by atoms with Gasteiger partial charge in [-0.1, -0.05) is 26.8 Å². The molecule has 2 fully saturated rings. The van der Waals surface area contributed by atoms with Gasteiger partial charge in [0.1, 0.15) is 0 Å². The minimum atomic E-state index is 0.165. The lowest BCUT2D eigenvalue weighted by molar-refractivity contribution is -0.120. The number of rotatable bonds is 4. The van der Waals surface area contributed by atoms with E-state index in [2.05, 4.69) is 20.4 Å². The number of unbranched alkanes of at least 4 members (excludes halogenated alkanes) is 1. The molecule has 0 aliphatic heterocycles. The lowest BCUT2D eigenvalue weighted by atomic mass is 9.66. The number of carbonyl (C=O) groups excluding carboxylic acids is 1. The van der Waals surface area contributed by atoms with Crippen molar-refractivity contribution in [2.45, 2.75) is 58.5 Å². The molecule has 2 heteroatoms. The van der Waals surface area contributed by atoms with Crippen LogP contribution in [0.25, 0.3) is 0 Å². The Morgan fingerprint density at radius 2 is 2.24 bits per heavy atom. The Balaban J connectivity index is 2.03. The van der Waals surface area contributed by atoms with Crippen LogP contribution in [0.4, 0.5) is 0 Å². The summed E-state index contributed by atoms with van der Waals surface area (Å²) in [5.74, 6) is 0.650. The summed E-state index contributed by atoms with van der Waals surface area (Å²) < 4.78 is 6.05. The predicted molar refractivity (Wildman–Crippen MR) is 68.9 cm³/mol. The highest BCUT2D eigenvalue weighted by atomic mass is 16.5. The van der Waals surface area contributed by atoms with Crippen molar-refractivity contribution >= 4 is 5.78 Å². The van der Waals surface area contributed by atoms with E-state index in [0.717, 1.165) is 37.9 Å². The summed E-state index contributed by atoms with van der Waals surface area (Å²) in [7, 11) is 0. The number of allylic oxidation sites excluding steroid dienone is 1. The summed E-state index contributed by atoms with van der Waals surface area (Å²) in [5, 5.41) is 0. The first-order valence-corrected chi connectivity index (χ1v) is 6.93. The minimum absolute atomic E-state index is 0.165. The zero-order valence-electron chi connectivity index (χ0n) is 11.1. The minimum Gasteiger partial charge on any atom is -0.378 e. The largest absolute Gasteiger partial charge is 0.378 e. The summed E-state index contributed by atoms with van der Waals surface area (Å²) in [5.41, 5.74) is 1.03. The van der Waals surface area contributed by atoms with E-state index in [9.17, 15) is 4.79 Å². The molecule has 96 valence electrons. The van der Waals surface area contributed by atoms with Crippen molar-refractivity contribution < 1.29 is 9.53 Å². The average Bonchev–Trinajstić information content (AvgIpc) is 2.64. The molecular formula is C15H24O2. The summed E-state index contributed by atoms with van der Waals surface area (Å²) in [4.78, 5) is 11.7. The molecule has 0 spiro atoms. The van der Waals surface area contributed by atoms with Crippen LogP contribution in [-0.2, 0) is 9.53 Å². The molecule has 2 rings (SSSR count). The maximum atomic E-state index is 11.7. The smallest absolute Gasteiger partial charge is 0.158 e. The second kappa shape index (κ2) is 4.93. The summed E-state index contributed by atoms with van der Waals surface area (Å²) in [6.07, 6.45) is 6.47. The van der Waals surface area contributed by atoms with E-state index in [4.69, 9.17) is 4.74 Å². The van der Waals surface area contributed by atoms with E-state index in [1.165, 1.54) is 6.42 Å². The number of hydrogen-bond acceptors (Lipinski definition) is 2. The molecular weight excluding hydrogens is 212 g/mol. The van der Waals surface area contributed by atoms with E-state index in [-0.39, 0.29) is 11.2 Å². The van der Waals surface area contributed by atoms with Crippen molar-refractivity contribution in [3.63, 3.8) is 0 Å². The topological polar surface area (TPSA) is 26.3 Å². The highest BCUT2D eigenvalue weighted by molar-refractivity contribution is 5.96. The van der Waals surface area contributed by atoms with Crippen molar-refractivity contribution in [3.8, 4) is 0 Å². The van der Waals surface area contributed by atoms with Gasteiger partial charge in [-0.15, -0.1) is 0 Å². The molecule has 2 aliphatic rings. The third kappa shape index (κ3) is 2.20. The van der Waals surface area contributed by atoms with Crippen molar-refractivity contribution in [3.05, 3.63) is 12.2 Å². The van der Waals surface area contributed by atoms with Crippen LogP contribution in [0.15, 0.2) is 12.2 Å². The summed E-state index contributed by atoms with van der Waals surface area (Å²) in [6, 6.07) is 0. The molecule has 0 saturated heterocycles. The average molecular weight is 236 g/mol. The Labute approximate surface area is 104 Å². The molecule has 0 aromatic rings. The molecule has 1 unspecified atom stereocenters. The normalized spacial score (nSPS) is 37.3. The Kier molecular flexibility index (Phi) is 3.72. The molecule has 0 aromatic heterocycles. The fourth-order valence-electron chi connectivity index (χ4n) is 3.49. The standard InChI is InChI=1S/C15H24O2/c1-4-5-10-17-14-7-6-12-11(2)13(16)8-9-15(12,14)3/h12,14H,2,4-10H2,1,3H3/t12?,14-,15-/m1/s1. The van der Waals surface area contributed by atoms with Crippen LogP contribution in [0.5, 0.6) is 0 Å². The Hall–Kier alpha value is -0.630. The van der Waals surface area contributed by atoms with E-state index in [1.807, 2.05) is 0 Å². The fourth-order valence-corrected chi connectivity index (χ4v) is 3.49. The zero-order valence-corrected chi connectivity index (χ0v) is 11.1. The van der Waals surface area contributed by atoms with Gasteiger partial charge in [0, 0.05) is 18.4 Å². The van der Waals surface area contributed by atoms with Gasteiger partial charge in [0.15, 0.2) is 5.78 Å². The first-order chi connectivity index (χ1) is 8.09. The molecule has 2 aliphatic carbocycles. The van der Waals surface area contributed by atoms with Gasteiger partial charge >= 0.3 is 0 Å².